The second-order valence-corrected chi connectivity index (χ2v) is 8.75. The second-order valence-electron chi connectivity index (χ2n) is 6.36. The zero-order chi connectivity index (χ0) is 21.9. The van der Waals surface area contributed by atoms with Crippen LogP contribution in [0.2, 0.25) is 5.02 Å². The Balaban J connectivity index is 1.76. The van der Waals surface area contributed by atoms with Crippen LogP contribution in [-0.4, -0.2) is 24.6 Å². The van der Waals surface area contributed by atoms with E-state index in [1.165, 1.54) is 54.7 Å². The SMILES string of the molecule is Cc1oncc1C(O)C(C#N)C(=O)Nc1ccc(S(=O)(=O)c2ccc(Cl)cc2)cc1. The molecule has 3 rings (SSSR count). The predicted molar refractivity (Wildman–Crippen MR) is 107 cm³/mol. The molecule has 8 nitrogen and oxygen atoms in total. The molecule has 154 valence electrons. The minimum atomic E-state index is -3.75. The molecule has 0 aliphatic rings. The smallest absolute Gasteiger partial charge is 0.244 e. The number of rotatable bonds is 6. The van der Waals surface area contributed by atoms with Gasteiger partial charge in [0.2, 0.25) is 15.7 Å². The molecule has 30 heavy (non-hydrogen) atoms. The van der Waals surface area contributed by atoms with Gasteiger partial charge in [-0.2, -0.15) is 5.26 Å². The summed E-state index contributed by atoms with van der Waals surface area (Å²) in [6.07, 6.45) is -0.181. The Hall–Kier alpha value is -3.19. The number of anilines is 1. The van der Waals surface area contributed by atoms with Gasteiger partial charge in [0.15, 0.2) is 5.92 Å². The summed E-state index contributed by atoms with van der Waals surface area (Å²) in [7, 11) is -3.75. The number of sulfone groups is 1. The number of benzene rings is 2. The second kappa shape index (κ2) is 8.67. The van der Waals surface area contributed by atoms with Crippen molar-refractivity contribution in [1.29, 1.82) is 5.26 Å². The van der Waals surface area contributed by atoms with Crippen molar-refractivity contribution in [3.05, 3.63) is 71.1 Å². The molecule has 1 amide bonds. The lowest BCUT2D eigenvalue weighted by Gasteiger charge is -2.15. The highest BCUT2D eigenvalue weighted by atomic mass is 35.5. The van der Waals surface area contributed by atoms with Crippen LogP contribution in [0.4, 0.5) is 5.69 Å². The van der Waals surface area contributed by atoms with Crippen molar-refractivity contribution in [3.8, 4) is 6.07 Å². The molecule has 1 aromatic heterocycles. The van der Waals surface area contributed by atoms with Gasteiger partial charge >= 0.3 is 0 Å². The molecule has 0 aliphatic heterocycles. The van der Waals surface area contributed by atoms with Crippen LogP contribution in [0.25, 0.3) is 0 Å². The number of amides is 1. The molecule has 2 atom stereocenters. The molecule has 1 heterocycles. The van der Waals surface area contributed by atoms with Gasteiger partial charge in [-0.3, -0.25) is 4.79 Å². The highest BCUT2D eigenvalue weighted by Gasteiger charge is 2.31. The van der Waals surface area contributed by atoms with E-state index in [1.807, 2.05) is 0 Å². The Bertz CT molecular complexity index is 1200. The number of nitriles is 1. The van der Waals surface area contributed by atoms with Crippen molar-refractivity contribution in [2.24, 2.45) is 5.92 Å². The maximum Gasteiger partial charge on any atom is 0.244 e. The Morgan fingerprint density at radius 2 is 1.73 bits per heavy atom. The molecular formula is C20H16ClN3O5S. The molecule has 2 unspecified atom stereocenters. The average Bonchev–Trinajstić information content (AvgIpc) is 3.15. The Labute approximate surface area is 177 Å². The fraction of sp³-hybridized carbons (Fsp3) is 0.150. The van der Waals surface area contributed by atoms with Gasteiger partial charge in [-0.25, -0.2) is 8.42 Å². The molecule has 0 spiro atoms. The van der Waals surface area contributed by atoms with Crippen molar-refractivity contribution in [1.82, 2.24) is 5.16 Å². The van der Waals surface area contributed by atoms with E-state index in [1.54, 1.807) is 13.0 Å². The number of hydrogen-bond acceptors (Lipinski definition) is 7. The maximum atomic E-state index is 12.7. The summed E-state index contributed by atoms with van der Waals surface area (Å²) in [6.45, 7) is 1.55. The summed E-state index contributed by atoms with van der Waals surface area (Å²) in [5.41, 5.74) is 0.505. The molecule has 10 heteroatoms. The van der Waals surface area contributed by atoms with Gasteiger partial charge in [-0.1, -0.05) is 16.8 Å². The monoisotopic (exact) mass is 445 g/mol. The molecule has 3 aromatic rings. The highest BCUT2D eigenvalue weighted by molar-refractivity contribution is 7.91. The summed E-state index contributed by atoms with van der Waals surface area (Å²) >= 11 is 5.79. The van der Waals surface area contributed by atoms with Crippen molar-refractivity contribution >= 4 is 33.0 Å². The number of aliphatic hydroxyl groups is 1. The predicted octanol–water partition coefficient (Wildman–Crippen LogP) is 3.28. The molecule has 0 bridgehead atoms. The van der Waals surface area contributed by atoms with E-state index in [0.29, 0.717) is 10.8 Å². The quantitative estimate of drug-likeness (QED) is 0.594. The van der Waals surface area contributed by atoms with Gasteiger partial charge in [0.1, 0.15) is 11.9 Å². The number of hydrogen-bond donors (Lipinski definition) is 2. The Kier molecular flexibility index (Phi) is 6.22. The molecule has 2 N–H and O–H groups in total. The maximum absolute atomic E-state index is 12.7. The number of halogens is 1. The fourth-order valence-corrected chi connectivity index (χ4v) is 4.12. The third-order valence-electron chi connectivity index (χ3n) is 4.40. The summed E-state index contributed by atoms with van der Waals surface area (Å²) in [5, 5.41) is 26.1. The van der Waals surface area contributed by atoms with Gasteiger partial charge in [0, 0.05) is 16.3 Å². The normalized spacial score (nSPS) is 13.3. The van der Waals surface area contributed by atoms with Crippen LogP contribution in [0, 0.1) is 24.2 Å². The Morgan fingerprint density at radius 3 is 2.23 bits per heavy atom. The van der Waals surface area contributed by atoms with E-state index in [9.17, 15) is 23.6 Å². The lowest BCUT2D eigenvalue weighted by molar-refractivity contribution is -0.121. The van der Waals surface area contributed by atoms with Crippen molar-refractivity contribution < 1.29 is 22.8 Å². The minimum absolute atomic E-state index is 0.0276. The molecule has 2 aromatic carbocycles. The first-order valence-corrected chi connectivity index (χ1v) is 10.5. The summed E-state index contributed by atoms with van der Waals surface area (Å²) in [5.74, 6) is -1.87. The minimum Gasteiger partial charge on any atom is -0.386 e. The van der Waals surface area contributed by atoms with E-state index in [4.69, 9.17) is 16.1 Å². The first-order valence-electron chi connectivity index (χ1n) is 8.64. The first-order chi connectivity index (χ1) is 14.2. The molecule has 0 aliphatic carbocycles. The van der Waals surface area contributed by atoms with Crippen LogP contribution in [0.15, 0.2) is 69.0 Å². The highest BCUT2D eigenvalue weighted by Crippen LogP contribution is 2.27. The van der Waals surface area contributed by atoms with Crippen molar-refractivity contribution in [3.63, 3.8) is 0 Å². The number of nitrogens with one attached hydrogen (secondary N) is 1. The van der Waals surface area contributed by atoms with Crippen LogP contribution in [-0.2, 0) is 14.6 Å². The molecule has 0 saturated carbocycles. The number of aliphatic hydroxyl groups excluding tert-OH is 1. The number of carbonyl (C=O) groups excluding carboxylic acids is 1. The lowest BCUT2D eigenvalue weighted by Crippen LogP contribution is -2.27. The van der Waals surface area contributed by atoms with Gasteiger partial charge < -0.3 is 14.9 Å². The standard InChI is InChI=1S/C20H16ClN3O5S/c1-12-18(11-23-29-12)19(25)17(10-22)20(26)24-14-4-8-16(9-5-14)30(27,28)15-6-2-13(21)3-7-15/h2-9,11,17,19,25H,1H3,(H,24,26). The number of aromatic nitrogens is 1. The molecule has 0 fully saturated rings. The number of carbonyl (C=O) groups is 1. The fourth-order valence-electron chi connectivity index (χ4n) is 2.73. The topological polar surface area (TPSA) is 133 Å². The zero-order valence-electron chi connectivity index (χ0n) is 15.6. The zero-order valence-corrected chi connectivity index (χ0v) is 17.2. The van der Waals surface area contributed by atoms with E-state index >= 15 is 0 Å². The number of aryl methyl sites for hydroxylation is 1. The Morgan fingerprint density at radius 1 is 1.17 bits per heavy atom. The van der Waals surface area contributed by atoms with E-state index < -0.39 is 27.8 Å². The van der Waals surface area contributed by atoms with Crippen LogP contribution < -0.4 is 5.32 Å². The van der Waals surface area contributed by atoms with Gasteiger partial charge in [0.05, 0.1) is 22.1 Å². The van der Waals surface area contributed by atoms with Crippen LogP contribution in [0.5, 0.6) is 0 Å². The van der Waals surface area contributed by atoms with Crippen LogP contribution >= 0.6 is 11.6 Å². The van der Waals surface area contributed by atoms with E-state index in [0.717, 1.165) is 0 Å². The summed E-state index contributed by atoms with van der Waals surface area (Å²) in [6, 6.07) is 13.0. The van der Waals surface area contributed by atoms with Gasteiger partial charge in [-0.15, -0.1) is 0 Å². The largest absolute Gasteiger partial charge is 0.386 e. The third kappa shape index (κ3) is 4.36. The molecule has 0 radical (unpaired) electrons. The molecular weight excluding hydrogens is 430 g/mol. The average molecular weight is 446 g/mol. The lowest BCUT2D eigenvalue weighted by atomic mass is 9.97. The van der Waals surface area contributed by atoms with Crippen molar-refractivity contribution in [2.45, 2.75) is 22.8 Å². The van der Waals surface area contributed by atoms with E-state index in [2.05, 4.69) is 10.5 Å². The van der Waals surface area contributed by atoms with Gasteiger partial charge in [-0.05, 0) is 55.5 Å². The summed E-state index contributed by atoms with van der Waals surface area (Å²) < 4.78 is 30.2. The van der Waals surface area contributed by atoms with Crippen LogP contribution in [0.3, 0.4) is 0 Å². The third-order valence-corrected chi connectivity index (χ3v) is 6.44. The summed E-state index contributed by atoms with van der Waals surface area (Å²) in [4.78, 5) is 12.6. The van der Waals surface area contributed by atoms with E-state index in [-0.39, 0.29) is 21.0 Å². The van der Waals surface area contributed by atoms with Crippen LogP contribution in [0.1, 0.15) is 17.4 Å². The van der Waals surface area contributed by atoms with Gasteiger partial charge in [0.25, 0.3) is 0 Å². The van der Waals surface area contributed by atoms with Crippen molar-refractivity contribution in [2.75, 3.05) is 5.32 Å². The number of nitrogens with zero attached hydrogens (tertiary/aromatic N) is 2. The molecule has 0 saturated heterocycles. The first kappa shape index (κ1) is 21.5.